The summed E-state index contributed by atoms with van der Waals surface area (Å²) in [5, 5.41) is 2.90. The van der Waals surface area contributed by atoms with Crippen LogP contribution in [0, 0.1) is 5.92 Å². The van der Waals surface area contributed by atoms with Gasteiger partial charge in [0.05, 0.1) is 12.8 Å². The number of carbonyl (C=O) groups is 2. The summed E-state index contributed by atoms with van der Waals surface area (Å²) in [6, 6.07) is 5.81. The molecule has 2 amide bonds. The predicted octanol–water partition coefficient (Wildman–Crippen LogP) is 1.52. The van der Waals surface area contributed by atoms with Gasteiger partial charge in [-0.1, -0.05) is 26.0 Å². The molecule has 1 N–H and O–H groups in total. The van der Waals surface area contributed by atoms with Crippen molar-refractivity contribution in [2.24, 2.45) is 5.92 Å². The second-order valence-electron chi connectivity index (χ2n) is 5.47. The Bertz CT molecular complexity index is 509. The van der Waals surface area contributed by atoms with Gasteiger partial charge in [-0.2, -0.15) is 0 Å². The number of hydrogen-bond acceptors (Lipinski definition) is 2. The van der Waals surface area contributed by atoms with Gasteiger partial charge < -0.3 is 10.2 Å². The molecule has 1 heterocycles. The summed E-state index contributed by atoms with van der Waals surface area (Å²) in [6.07, 6.45) is 0.811. The Kier molecular flexibility index (Phi) is 3.88. The van der Waals surface area contributed by atoms with E-state index in [4.69, 9.17) is 0 Å². The Hall–Kier alpha value is -1.84. The molecule has 19 heavy (non-hydrogen) atoms. The van der Waals surface area contributed by atoms with E-state index < -0.39 is 0 Å². The van der Waals surface area contributed by atoms with Crippen LogP contribution in [0.3, 0.4) is 0 Å². The van der Waals surface area contributed by atoms with Crippen LogP contribution in [0.5, 0.6) is 0 Å². The Morgan fingerprint density at radius 3 is 2.84 bits per heavy atom. The molecule has 1 aromatic rings. The lowest BCUT2D eigenvalue weighted by atomic mass is 10.1. The van der Waals surface area contributed by atoms with Gasteiger partial charge in [-0.25, -0.2) is 0 Å². The van der Waals surface area contributed by atoms with Crippen molar-refractivity contribution in [1.82, 2.24) is 5.32 Å². The van der Waals surface area contributed by atoms with Crippen LogP contribution in [0.15, 0.2) is 18.2 Å². The lowest BCUT2D eigenvalue weighted by molar-refractivity contribution is -0.120. The fourth-order valence-corrected chi connectivity index (χ4v) is 2.20. The highest BCUT2D eigenvalue weighted by Gasteiger charge is 2.23. The number of hydrogen-bond donors (Lipinski definition) is 1. The second-order valence-corrected chi connectivity index (χ2v) is 5.47. The van der Waals surface area contributed by atoms with E-state index in [2.05, 4.69) is 19.2 Å². The maximum absolute atomic E-state index is 11.8. The fraction of sp³-hybridized carbons (Fsp3) is 0.467. The zero-order valence-electron chi connectivity index (χ0n) is 11.7. The number of amides is 2. The third kappa shape index (κ3) is 3.13. The Morgan fingerprint density at radius 1 is 1.42 bits per heavy atom. The first-order valence-corrected chi connectivity index (χ1v) is 6.62. The van der Waals surface area contributed by atoms with E-state index in [-0.39, 0.29) is 11.8 Å². The van der Waals surface area contributed by atoms with E-state index in [1.54, 1.807) is 11.9 Å². The van der Waals surface area contributed by atoms with Crippen molar-refractivity contribution < 1.29 is 9.59 Å². The van der Waals surface area contributed by atoms with Gasteiger partial charge >= 0.3 is 0 Å². The maximum Gasteiger partial charge on any atom is 0.231 e. The Labute approximate surface area is 113 Å². The molecule has 4 heteroatoms. The van der Waals surface area contributed by atoms with Crippen LogP contribution < -0.4 is 10.2 Å². The molecule has 102 valence electrons. The number of nitrogens with zero attached hydrogens (tertiary/aromatic N) is 1. The van der Waals surface area contributed by atoms with Gasteiger partial charge in [0.25, 0.3) is 0 Å². The molecule has 0 bridgehead atoms. The van der Waals surface area contributed by atoms with Crippen LogP contribution in [0.2, 0.25) is 0 Å². The Morgan fingerprint density at radius 2 is 2.16 bits per heavy atom. The molecule has 0 fully saturated rings. The highest BCUT2D eigenvalue weighted by Crippen LogP contribution is 2.28. The lowest BCUT2D eigenvalue weighted by Crippen LogP contribution is -2.28. The van der Waals surface area contributed by atoms with Crippen molar-refractivity contribution in [2.45, 2.75) is 26.7 Å². The van der Waals surface area contributed by atoms with Crippen molar-refractivity contribution in [1.29, 1.82) is 0 Å². The smallest absolute Gasteiger partial charge is 0.231 e. The van der Waals surface area contributed by atoms with Gasteiger partial charge in [0.2, 0.25) is 11.8 Å². The number of fused-ring (bicyclic) bond motifs is 1. The van der Waals surface area contributed by atoms with Crippen LogP contribution >= 0.6 is 0 Å². The number of likely N-dealkylation sites (N-methyl/N-ethyl adjacent to an activating group) is 1. The monoisotopic (exact) mass is 260 g/mol. The summed E-state index contributed by atoms with van der Waals surface area (Å²) in [5.41, 5.74) is 2.93. The van der Waals surface area contributed by atoms with E-state index in [0.29, 0.717) is 25.3 Å². The van der Waals surface area contributed by atoms with Gasteiger partial charge in [-0.3, -0.25) is 9.59 Å². The molecule has 0 saturated carbocycles. The topological polar surface area (TPSA) is 49.4 Å². The molecule has 0 atom stereocenters. The summed E-state index contributed by atoms with van der Waals surface area (Å²) in [6.45, 7) is 4.83. The lowest BCUT2D eigenvalue weighted by Gasteiger charge is -2.11. The molecule has 2 rings (SSSR count). The maximum atomic E-state index is 11.8. The molecular formula is C15H20N2O2. The summed E-state index contributed by atoms with van der Waals surface area (Å²) in [4.78, 5) is 25.0. The minimum absolute atomic E-state index is 0.0336. The van der Waals surface area contributed by atoms with Crippen molar-refractivity contribution >= 4 is 17.5 Å². The van der Waals surface area contributed by atoms with Crippen molar-refractivity contribution in [2.75, 3.05) is 18.5 Å². The van der Waals surface area contributed by atoms with Gasteiger partial charge in [0.1, 0.15) is 0 Å². The summed E-state index contributed by atoms with van der Waals surface area (Å²) in [7, 11) is 1.78. The van der Waals surface area contributed by atoms with E-state index in [0.717, 1.165) is 16.8 Å². The molecule has 1 aliphatic rings. The molecule has 4 nitrogen and oxygen atoms in total. The largest absolute Gasteiger partial charge is 0.356 e. The summed E-state index contributed by atoms with van der Waals surface area (Å²) >= 11 is 0. The van der Waals surface area contributed by atoms with E-state index in [1.807, 2.05) is 18.2 Å². The molecular weight excluding hydrogens is 240 g/mol. The molecule has 0 spiro atoms. The van der Waals surface area contributed by atoms with Crippen LogP contribution in [0.4, 0.5) is 5.69 Å². The van der Waals surface area contributed by atoms with Gasteiger partial charge in [0.15, 0.2) is 0 Å². The molecule has 0 saturated heterocycles. The molecule has 0 radical (unpaired) electrons. The van der Waals surface area contributed by atoms with Crippen LogP contribution in [-0.4, -0.2) is 25.4 Å². The first kappa shape index (κ1) is 13.6. The third-order valence-corrected chi connectivity index (χ3v) is 3.29. The number of benzene rings is 1. The van der Waals surface area contributed by atoms with E-state index >= 15 is 0 Å². The molecule has 1 aliphatic heterocycles. The number of anilines is 1. The standard InChI is InChI=1S/C15H20N2O2/c1-10(2)9-16-14(18)7-11-4-5-13-12(6-11)8-15(19)17(13)3/h4-6,10H,7-9H2,1-3H3,(H,16,18). The first-order chi connectivity index (χ1) is 8.97. The predicted molar refractivity (Wildman–Crippen MR) is 75.1 cm³/mol. The summed E-state index contributed by atoms with van der Waals surface area (Å²) < 4.78 is 0. The summed E-state index contributed by atoms with van der Waals surface area (Å²) in [5.74, 6) is 0.595. The van der Waals surface area contributed by atoms with Crippen LogP contribution in [-0.2, 0) is 22.4 Å². The van der Waals surface area contributed by atoms with E-state index in [9.17, 15) is 9.59 Å². The van der Waals surface area contributed by atoms with E-state index in [1.165, 1.54) is 0 Å². The van der Waals surface area contributed by atoms with Gasteiger partial charge in [0, 0.05) is 19.3 Å². The van der Waals surface area contributed by atoms with Crippen LogP contribution in [0.1, 0.15) is 25.0 Å². The molecule has 0 aliphatic carbocycles. The SMILES string of the molecule is CC(C)CNC(=O)Cc1ccc2c(c1)CC(=O)N2C. The molecule has 0 unspecified atom stereocenters. The fourth-order valence-electron chi connectivity index (χ4n) is 2.20. The third-order valence-electron chi connectivity index (χ3n) is 3.29. The zero-order chi connectivity index (χ0) is 14.0. The number of rotatable bonds is 4. The first-order valence-electron chi connectivity index (χ1n) is 6.62. The second kappa shape index (κ2) is 5.43. The average molecular weight is 260 g/mol. The number of carbonyl (C=O) groups excluding carboxylic acids is 2. The average Bonchev–Trinajstić information content (AvgIpc) is 2.62. The Balaban J connectivity index is 2.02. The quantitative estimate of drug-likeness (QED) is 0.892. The van der Waals surface area contributed by atoms with Gasteiger partial charge in [-0.05, 0) is 23.1 Å². The molecule has 0 aromatic heterocycles. The van der Waals surface area contributed by atoms with Crippen molar-refractivity contribution in [3.05, 3.63) is 29.3 Å². The highest BCUT2D eigenvalue weighted by molar-refractivity contribution is 6.01. The highest BCUT2D eigenvalue weighted by atomic mass is 16.2. The number of nitrogens with one attached hydrogen (secondary N) is 1. The molecule has 1 aromatic carbocycles. The van der Waals surface area contributed by atoms with Crippen molar-refractivity contribution in [3.8, 4) is 0 Å². The minimum atomic E-state index is 0.0336. The van der Waals surface area contributed by atoms with Crippen molar-refractivity contribution in [3.63, 3.8) is 0 Å². The zero-order valence-corrected chi connectivity index (χ0v) is 11.7. The minimum Gasteiger partial charge on any atom is -0.356 e. The normalized spacial score (nSPS) is 13.9. The van der Waals surface area contributed by atoms with Crippen LogP contribution in [0.25, 0.3) is 0 Å². The van der Waals surface area contributed by atoms with Gasteiger partial charge in [-0.15, -0.1) is 0 Å².